The summed E-state index contributed by atoms with van der Waals surface area (Å²) < 4.78 is 5.65. The zero-order valence-electron chi connectivity index (χ0n) is 21.1. The number of para-hydroxylation sites is 1. The first kappa shape index (κ1) is 24.4. The third-order valence-electron chi connectivity index (χ3n) is 7.11. The Labute approximate surface area is 215 Å². The fourth-order valence-corrected chi connectivity index (χ4v) is 5.19. The summed E-state index contributed by atoms with van der Waals surface area (Å²) in [5.74, 6) is -1.60. The first-order valence-electron chi connectivity index (χ1n) is 12.5. The van der Waals surface area contributed by atoms with E-state index >= 15 is 0 Å². The van der Waals surface area contributed by atoms with Crippen LogP contribution in [0.2, 0.25) is 0 Å². The maximum absolute atomic E-state index is 13.0. The van der Waals surface area contributed by atoms with Crippen LogP contribution in [0, 0.1) is 12.8 Å². The van der Waals surface area contributed by atoms with Gasteiger partial charge in [0.2, 0.25) is 5.91 Å². The monoisotopic (exact) mass is 496 g/mol. The molecule has 3 aromatic carbocycles. The Hall–Kier alpha value is -4.26. The number of nitrogens with zero attached hydrogens (tertiary/aromatic N) is 2. The molecule has 0 N–H and O–H groups in total. The van der Waals surface area contributed by atoms with Crippen LogP contribution in [0.4, 0.5) is 11.4 Å². The number of anilines is 2. The number of ether oxygens (including phenoxy) is 1. The highest BCUT2D eigenvalue weighted by Gasteiger charge is 2.39. The van der Waals surface area contributed by atoms with Crippen LogP contribution in [-0.4, -0.2) is 30.2 Å². The molecule has 3 aromatic rings. The maximum atomic E-state index is 13.0. The lowest BCUT2D eigenvalue weighted by atomic mass is 10.0. The fourth-order valence-electron chi connectivity index (χ4n) is 5.19. The molecule has 0 aliphatic carbocycles. The number of fused-ring (bicyclic) bond motifs is 1. The number of hydrogen-bond acceptors (Lipinski definition) is 5. The van der Waals surface area contributed by atoms with E-state index in [2.05, 4.69) is 13.8 Å². The fraction of sp³-hybridized carbons (Fsp3) is 0.267. The molecular formula is C30H28N2O5. The van der Waals surface area contributed by atoms with Gasteiger partial charge in [-0.2, -0.15) is 0 Å². The summed E-state index contributed by atoms with van der Waals surface area (Å²) in [6, 6.07) is 17.6. The van der Waals surface area contributed by atoms with E-state index < -0.39 is 11.9 Å². The molecule has 1 fully saturated rings. The Bertz CT molecular complexity index is 1390. The van der Waals surface area contributed by atoms with E-state index in [1.807, 2.05) is 18.2 Å². The van der Waals surface area contributed by atoms with Crippen LogP contribution in [0.3, 0.4) is 0 Å². The number of aryl methyl sites for hydroxylation is 3. The second-order valence-electron chi connectivity index (χ2n) is 9.40. The van der Waals surface area contributed by atoms with Crippen LogP contribution in [0.15, 0.2) is 60.7 Å². The maximum Gasteiger partial charge on any atom is 0.316 e. The van der Waals surface area contributed by atoms with Crippen LogP contribution in [0.1, 0.15) is 57.7 Å². The molecule has 2 heterocycles. The van der Waals surface area contributed by atoms with Crippen molar-refractivity contribution >= 4 is 35.1 Å². The average Bonchev–Trinajstić information content (AvgIpc) is 3.41. The second kappa shape index (κ2) is 9.65. The molecular weight excluding hydrogens is 468 g/mol. The molecule has 188 valence electrons. The summed E-state index contributed by atoms with van der Waals surface area (Å²) in [4.78, 5) is 54.5. The molecule has 0 spiro atoms. The zero-order valence-corrected chi connectivity index (χ0v) is 21.1. The van der Waals surface area contributed by atoms with Crippen molar-refractivity contribution in [3.05, 3.63) is 88.5 Å². The zero-order chi connectivity index (χ0) is 26.3. The predicted octanol–water partition coefficient (Wildman–Crippen LogP) is 4.88. The van der Waals surface area contributed by atoms with Gasteiger partial charge in [0.1, 0.15) is 5.75 Å². The van der Waals surface area contributed by atoms with Crippen molar-refractivity contribution in [1.29, 1.82) is 0 Å². The Morgan fingerprint density at radius 2 is 1.51 bits per heavy atom. The number of esters is 1. The standard InChI is InChI=1S/C30H28N2O5/c1-4-19-9-8-10-20(5-2)27(19)31-17-21(16-26(31)33)30(36)37-22-13-14-25(18(3)15-22)32-28(34)23-11-6-7-12-24(23)29(32)35/h6-15,21H,4-5,16-17H2,1-3H3/t21-/m0/s1. The number of hydrogen-bond donors (Lipinski definition) is 0. The van der Waals surface area contributed by atoms with Gasteiger partial charge in [0.05, 0.1) is 22.7 Å². The van der Waals surface area contributed by atoms with Crippen LogP contribution >= 0.6 is 0 Å². The molecule has 7 nitrogen and oxygen atoms in total. The SMILES string of the molecule is CCc1cccc(CC)c1N1C[C@@H](C(=O)Oc2ccc(N3C(=O)c4ccccc4C3=O)c(C)c2)CC1=O. The van der Waals surface area contributed by atoms with Crippen LogP contribution in [-0.2, 0) is 22.4 Å². The van der Waals surface area contributed by atoms with Gasteiger partial charge < -0.3 is 9.64 Å². The second-order valence-corrected chi connectivity index (χ2v) is 9.40. The van der Waals surface area contributed by atoms with Crippen LogP contribution < -0.4 is 14.5 Å². The summed E-state index contributed by atoms with van der Waals surface area (Å²) in [6.45, 7) is 6.13. The van der Waals surface area contributed by atoms with E-state index in [1.165, 1.54) is 0 Å². The van der Waals surface area contributed by atoms with Gasteiger partial charge in [-0.25, -0.2) is 4.90 Å². The molecule has 7 heteroatoms. The lowest BCUT2D eigenvalue weighted by Gasteiger charge is -2.23. The van der Waals surface area contributed by atoms with Gasteiger partial charge in [-0.15, -0.1) is 0 Å². The predicted molar refractivity (Wildman–Crippen MR) is 140 cm³/mol. The summed E-state index contributed by atoms with van der Waals surface area (Å²) >= 11 is 0. The summed E-state index contributed by atoms with van der Waals surface area (Å²) in [7, 11) is 0. The molecule has 37 heavy (non-hydrogen) atoms. The number of amides is 3. The first-order valence-corrected chi connectivity index (χ1v) is 12.5. The van der Waals surface area contributed by atoms with Gasteiger partial charge in [-0.3, -0.25) is 19.2 Å². The third kappa shape index (κ3) is 4.20. The van der Waals surface area contributed by atoms with E-state index in [-0.39, 0.29) is 30.7 Å². The lowest BCUT2D eigenvalue weighted by molar-refractivity contribution is -0.139. The minimum atomic E-state index is -0.585. The first-order chi connectivity index (χ1) is 17.8. The molecule has 0 aromatic heterocycles. The highest BCUT2D eigenvalue weighted by Crippen LogP contribution is 2.35. The topological polar surface area (TPSA) is 84.0 Å². The molecule has 1 atom stereocenters. The number of rotatable bonds is 6. The minimum absolute atomic E-state index is 0.0882. The summed E-state index contributed by atoms with van der Waals surface area (Å²) in [5.41, 5.74) is 4.88. The quantitative estimate of drug-likeness (QED) is 0.276. The Morgan fingerprint density at radius 1 is 0.892 bits per heavy atom. The van der Waals surface area contributed by atoms with Gasteiger partial charge in [-0.05, 0) is 66.8 Å². The van der Waals surface area contributed by atoms with E-state index in [9.17, 15) is 19.2 Å². The highest BCUT2D eigenvalue weighted by atomic mass is 16.5. The normalized spacial score (nSPS) is 16.9. The van der Waals surface area contributed by atoms with E-state index in [1.54, 1.807) is 54.3 Å². The highest BCUT2D eigenvalue weighted by molar-refractivity contribution is 6.34. The third-order valence-corrected chi connectivity index (χ3v) is 7.11. The van der Waals surface area contributed by atoms with E-state index in [0.29, 0.717) is 28.1 Å². The molecule has 2 aliphatic heterocycles. The number of carbonyl (C=O) groups excluding carboxylic acids is 4. The number of imide groups is 1. The van der Waals surface area contributed by atoms with E-state index in [0.717, 1.165) is 34.6 Å². The van der Waals surface area contributed by atoms with Crippen molar-refractivity contribution in [3.8, 4) is 5.75 Å². The van der Waals surface area contributed by atoms with Gasteiger partial charge in [0, 0.05) is 18.7 Å². The molecule has 5 rings (SSSR count). The van der Waals surface area contributed by atoms with Crippen molar-refractivity contribution in [2.75, 3.05) is 16.3 Å². The Kier molecular flexibility index (Phi) is 6.38. The van der Waals surface area contributed by atoms with Gasteiger partial charge in [-0.1, -0.05) is 44.2 Å². The molecule has 2 aliphatic rings. The largest absolute Gasteiger partial charge is 0.426 e. The summed E-state index contributed by atoms with van der Waals surface area (Å²) in [5, 5.41) is 0. The van der Waals surface area contributed by atoms with Crippen LogP contribution in [0.5, 0.6) is 5.75 Å². The Balaban J connectivity index is 1.32. The molecule has 0 bridgehead atoms. The number of carbonyl (C=O) groups is 4. The molecule has 0 saturated carbocycles. The van der Waals surface area contributed by atoms with Crippen molar-refractivity contribution < 1.29 is 23.9 Å². The number of benzene rings is 3. The minimum Gasteiger partial charge on any atom is -0.426 e. The van der Waals surface area contributed by atoms with Gasteiger partial charge in [0.25, 0.3) is 11.8 Å². The van der Waals surface area contributed by atoms with Gasteiger partial charge >= 0.3 is 5.97 Å². The lowest BCUT2D eigenvalue weighted by Crippen LogP contribution is -2.30. The molecule has 3 amide bonds. The molecule has 0 radical (unpaired) electrons. The summed E-state index contributed by atoms with van der Waals surface area (Å²) in [6.07, 6.45) is 1.67. The van der Waals surface area contributed by atoms with Crippen molar-refractivity contribution in [3.63, 3.8) is 0 Å². The smallest absolute Gasteiger partial charge is 0.316 e. The van der Waals surface area contributed by atoms with Crippen molar-refractivity contribution in [2.24, 2.45) is 5.92 Å². The average molecular weight is 497 g/mol. The Morgan fingerprint density at radius 3 is 2.08 bits per heavy atom. The van der Waals surface area contributed by atoms with Crippen molar-refractivity contribution in [2.45, 2.75) is 40.0 Å². The molecule has 0 unspecified atom stereocenters. The van der Waals surface area contributed by atoms with E-state index in [4.69, 9.17) is 4.74 Å². The molecule has 1 saturated heterocycles. The van der Waals surface area contributed by atoms with Crippen molar-refractivity contribution in [1.82, 2.24) is 0 Å². The van der Waals surface area contributed by atoms with Gasteiger partial charge in [0.15, 0.2) is 0 Å². The van der Waals surface area contributed by atoms with Crippen LogP contribution in [0.25, 0.3) is 0 Å².